The molecule has 3 nitrogen and oxygen atoms in total. The lowest BCUT2D eigenvalue weighted by molar-refractivity contribution is 0.702. The molecule has 17 heavy (non-hydrogen) atoms. The van der Waals surface area contributed by atoms with E-state index in [9.17, 15) is 0 Å². The molecule has 2 aromatic rings. The number of hydrogen-bond acceptors (Lipinski definition) is 3. The van der Waals surface area contributed by atoms with Gasteiger partial charge in [-0.25, -0.2) is 9.97 Å². The zero-order valence-electron chi connectivity index (χ0n) is 9.60. The van der Waals surface area contributed by atoms with Gasteiger partial charge in [-0.3, -0.25) is 0 Å². The van der Waals surface area contributed by atoms with E-state index in [0.717, 1.165) is 21.4 Å². The predicted octanol–water partition coefficient (Wildman–Crippen LogP) is 2.80. The fraction of sp³-hybridized carbons (Fsp3) is 0.231. The molecule has 1 heterocycles. The summed E-state index contributed by atoms with van der Waals surface area (Å²) >= 11 is 3.52. The highest BCUT2D eigenvalue weighted by Gasteiger charge is 2.05. The van der Waals surface area contributed by atoms with Crippen molar-refractivity contribution in [1.29, 1.82) is 0 Å². The normalized spacial score (nSPS) is 12.4. The van der Waals surface area contributed by atoms with Gasteiger partial charge in [-0.1, -0.05) is 34.1 Å². The molecule has 2 rings (SSSR count). The van der Waals surface area contributed by atoms with Crippen molar-refractivity contribution in [2.45, 2.75) is 19.4 Å². The third kappa shape index (κ3) is 3.11. The topological polar surface area (TPSA) is 51.8 Å². The summed E-state index contributed by atoms with van der Waals surface area (Å²) < 4.78 is 1.04. The van der Waals surface area contributed by atoms with Gasteiger partial charge in [0.15, 0.2) is 0 Å². The number of halogens is 1. The number of nitrogens with zero attached hydrogens (tertiary/aromatic N) is 2. The van der Waals surface area contributed by atoms with Gasteiger partial charge in [-0.15, -0.1) is 0 Å². The molecular formula is C13H14BrN3. The molecule has 1 aromatic heterocycles. The zero-order chi connectivity index (χ0) is 12.3. The number of aromatic nitrogens is 2. The van der Waals surface area contributed by atoms with E-state index in [4.69, 9.17) is 5.73 Å². The van der Waals surface area contributed by atoms with E-state index in [1.807, 2.05) is 43.6 Å². The van der Waals surface area contributed by atoms with Crippen molar-refractivity contribution in [3.8, 4) is 11.1 Å². The first-order chi connectivity index (χ1) is 8.16. The van der Waals surface area contributed by atoms with Crippen LogP contribution in [0, 0.1) is 0 Å². The summed E-state index contributed by atoms with van der Waals surface area (Å²) in [5.74, 6) is 0.788. The number of nitrogens with two attached hydrogens (primary N) is 1. The van der Waals surface area contributed by atoms with E-state index in [1.165, 1.54) is 0 Å². The standard InChI is InChI=1S/C13H14BrN3/c1-9(15)6-13-16-7-10(8-17-13)11-4-2-3-5-12(11)14/h2-5,7-9H,6,15H2,1H3. The summed E-state index contributed by atoms with van der Waals surface area (Å²) in [6.45, 7) is 1.95. The molecule has 1 atom stereocenters. The van der Waals surface area contributed by atoms with Gasteiger partial charge >= 0.3 is 0 Å². The smallest absolute Gasteiger partial charge is 0.129 e. The van der Waals surface area contributed by atoms with Gasteiger partial charge in [-0.2, -0.15) is 0 Å². The summed E-state index contributed by atoms with van der Waals surface area (Å²) in [6.07, 6.45) is 4.38. The van der Waals surface area contributed by atoms with Gasteiger partial charge in [0.25, 0.3) is 0 Å². The fourth-order valence-electron chi connectivity index (χ4n) is 1.58. The average Bonchev–Trinajstić information content (AvgIpc) is 2.30. The van der Waals surface area contributed by atoms with Crippen LogP contribution in [0.1, 0.15) is 12.7 Å². The average molecular weight is 292 g/mol. The van der Waals surface area contributed by atoms with Crippen molar-refractivity contribution in [3.63, 3.8) is 0 Å². The van der Waals surface area contributed by atoms with Crippen LogP contribution in [0.5, 0.6) is 0 Å². The van der Waals surface area contributed by atoms with Crippen LogP contribution < -0.4 is 5.73 Å². The van der Waals surface area contributed by atoms with Crippen LogP contribution in [0.3, 0.4) is 0 Å². The molecule has 0 aliphatic rings. The maximum absolute atomic E-state index is 5.71. The first-order valence-electron chi connectivity index (χ1n) is 5.48. The Morgan fingerprint density at radius 3 is 2.47 bits per heavy atom. The Morgan fingerprint density at radius 2 is 1.88 bits per heavy atom. The van der Waals surface area contributed by atoms with Crippen molar-refractivity contribution in [2.75, 3.05) is 0 Å². The van der Waals surface area contributed by atoms with Gasteiger partial charge < -0.3 is 5.73 Å². The van der Waals surface area contributed by atoms with E-state index in [0.29, 0.717) is 6.42 Å². The molecule has 0 spiro atoms. The Kier molecular flexibility index (Phi) is 3.86. The maximum Gasteiger partial charge on any atom is 0.129 e. The Bertz CT molecular complexity index is 494. The molecule has 0 fully saturated rings. The minimum Gasteiger partial charge on any atom is -0.328 e. The minimum atomic E-state index is 0.0873. The first kappa shape index (κ1) is 12.2. The third-order valence-electron chi connectivity index (χ3n) is 2.39. The Balaban J connectivity index is 2.27. The Labute approximate surface area is 109 Å². The van der Waals surface area contributed by atoms with E-state index in [-0.39, 0.29) is 6.04 Å². The van der Waals surface area contributed by atoms with Gasteiger partial charge in [0.1, 0.15) is 5.82 Å². The second-order valence-electron chi connectivity index (χ2n) is 4.05. The quantitative estimate of drug-likeness (QED) is 0.946. The van der Waals surface area contributed by atoms with E-state index in [2.05, 4.69) is 25.9 Å². The fourth-order valence-corrected chi connectivity index (χ4v) is 2.10. The van der Waals surface area contributed by atoms with Crippen LogP contribution in [-0.2, 0) is 6.42 Å². The van der Waals surface area contributed by atoms with Gasteiger partial charge in [0.2, 0.25) is 0 Å². The summed E-state index contributed by atoms with van der Waals surface area (Å²) in [5, 5.41) is 0. The van der Waals surface area contributed by atoms with Crippen molar-refractivity contribution in [3.05, 3.63) is 47.0 Å². The predicted molar refractivity (Wildman–Crippen MR) is 72.5 cm³/mol. The van der Waals surface area contributed by atoms with E-state index < -0.39 is 0 Å². The lowest BCUT2D eigenvalue weighted by Gasteiger charge is -2.06. The molecule has 2 N–H and O–H groups in total. The van der Waals surface area contributed by atoms with Crippen molar-refractivity contribution in [1.82, 2.24) is 9.97 Å². The van der Waals surface area contributed by atoms with Crippen LogP contribution in [0.15, 0.2) is 41.1 Å². The molecule has 0 aliphatic heterocycles. The third-order valence-corrected chi connectivity index (χ3v) is 3.09. The van der Waals surface area contributed by atoms with Gasteiger partial charge in [0.05, 0.1) is 0 Å². The van der Waals surface area contributed by atoms with E-state index >= 15 is 0 Å². The summed E-state index contributed by atoms with van der Waals surface area (Å²) in [6, 6.07) is 8.11. The molecular weight excluding hydrogens is 278 g/mol. The van der Waals surface area contributed by atoms with Crippen LogP contribution in [-0.4, -0.2) is 16.0 Å². The highest BCUT2D eigenvalue weighted by atomic mass is 79.9. The van der Waals surface area contributed by atoms with Crippen LogP contribution in [0.2, 0.25) is 0 Å². The molecule has 4 heteroatoms. The van der Waals surface area contributed by atoms with Crippen molar-refractivity contribution < 1.29 is 0 Å². The number of benzene rings is 1. The molecule has 0 bridgehead atoms. The molecule has 1 unspecified atom stereocenters. The molecule has 0 amide bonds. The van der Waals surface area contributed by atoms with Crippen LogP contribution >= 0.6 is 15.9 Å². The molecule has 0 saturated carbocycles. The summed E-state index contributed by atoms with van der Waals surface area (Å²) in [4.78, 5) is 8.65. The Hall–Kier alpha value is -1.26. The minimum absolute atomic E-state index is 0.0873. The summed E-state index contributed by atoms with van der Waals surface area (Å²) in [7, 11) is 0. The SMILES string of the molecule is CC(N)Cc1ncc(-c2ccccc2Br)cn1. The summed E-state index contributed by atoms with van der Waals surface area (Å²) in [5.41, 5.74) is 7.81. The Morgan fingerprint density at radius 1 is 1.24 bits per heavy atom. The maximum atomic E-state index is 5.71. The first-order valence-corrected chi connectivity index (χ1v) is 6.27. The van der Waals surface area contributed by atoms with Gasteiger partial charge in [0, 0.05) is 34.9 Å². The lowest BCUT2D eigenvalue weighted by Crippen LogP contribution is -2.19. The van der Waals surface area contributed by atoms with Crippen molar-refractivity contribution in [2.24, 2.45) is 5.73 Å². The molecule has 0 saturated heterocycles. The highest BCUT2D eigenvalue weighted by molar-refractivity contribution is 9.10. The van der Waals surface area contributed by atoms with Gasteiger partial charge in [-0.05, 0) is 18.6 Å². The van der Waals surface area contributed by atoms with Crippen molar-refractivity contribution >= 4 is 15.9 Å². The number of rotatable bonds is 3. The largest absolute Gasteiger partial charge is 0.328 e. The number of hydrogen-bond donors (Lipinski definition) is 1. The molecule has 1 aromatic carbocycles. The second kappa shape index (κ2) is 5.38. The highest BCUT2D eigenvalue weighted by Crippen LogP contribution is 2.26. The van der Waals surface area contributed by atoms with Crippen LogP contribution in [0.25, 0.3) is 11.1 Å². The molecule has 0 radical (unpaired) electrons. The lowest BCUT2D eigenvalue weighted by atomic mass is 10.1. The monoisotopic (exact) mass is 291 g/mol. The van der Waals surface area contributed by atoms with Crippen LogP contribution in [0.4, 0.5) is 0 Å². The second-order valence-corrected chi connectivity index (χ2v) is 4.90. The van der Waals surface area contributed by atoms with E-state index in [1.54, 1.807) is 0 Å². The molecule has 88 valence electrons. The molecule has 0 aliphatic carbocycles. The zero-order valence-corrected chi connectivity index (χ0v) is 11.2.